The molecule has 0 spiro atoms. The molecule has 10 rings (SSSR count). The van der Waals surface area contributed by atoms with Crippen molar-refractivity contribution >= 4 is 60.7 Å². The van der Waals surface area contributed by atoms with Crippen molar-refractivity contribution < 1.29 is 25.8 Å². The Morgan fingerprint density at radius 2 is 1.33 bits per heavy atom. The number of benzene rings is 6. The van der Waals surface area contributed by atoms with Gasteiger partial charge in [-0.05, 0) is 47.8 Å². The smallest absolute Gasteiger partial charge is 0.137 e. The second-order valence-electron chi connectivity index (χ2n) is 12.7. The van der Waals surface area contributed by atoms with Crippen LogP contribution in [0.4, 0.5) is 17.1 Å². The van der Waals surface area contributed by atoms with E-state index in [-0.39, 0.29) is 21.1 Å². The van der Waals surface area contributed by atoms with Crippen LogP contribution in [0.1, 0.15) is 0 Å². The maximum absolute atomic E-state index is 6.51. The van der Waals surface area contributed by atoms with Crippen LogP contribution < -0.4 is 14.5 Å². The van der Waals surface area contributed by atoms with Crippen LogP contribution in [0, 0.1) is 18.8 Å². The first-order chi connectivity index (χ1) is 24.6. The molecule has 0 bridgehead atoms. The Morgan fingerprint density at radius 3 is 2.18 bits per heavy atom. The van der Waals surface area contributed by atoms with Crippen molar-refractivity contribution in [1.29, 1.82) is 0 Å². The van der Waals surface area contributed by atoms with Gasteiger partial charge in [-0.3, -0.25) is 0 Å². The minimum absolute atomic E-state index is 0. The molecule has 0 unspecified atom stereocenters. The summed E-state index contributed by atoms with van der Waals surface area (Å²) in [6, 6.07) is 53.3. The molecular formula is C44H30N5OPt-3. The van der Waals surface area contributed by atoms with Gasteiger partial charge >= 0.3 is 0 Å². The van der Waals surface area contributed by atoms with Gasteiger partial charge in [-0.1, -0.05) is 78.3 Å². The average Bonchev–Trinajstić information content (AvgIpc) is 3.78. The van der Waals surface area contributed by atoms with Crippen molar-refractivity contribution in [3.63, 3.8) is 0 Å². The summed E-state index contributed by atoms with van der Waals surface area (Å²) in [6.45, 7) is 2.09. The Hall–Kier alpha value is -5.84. The third-order valence-corrected chi connectivity index (χ3v) is 9.81. The van der Waals surface area contributed by atoms with Crippen LogP contribution in [0.15, 0.2) is 140 Å². The van der Waals surface area contributed by atoms with Gasteiger partial charge in [0.15, 0.2) is 0 Å². The normalized spacial score (nSPS) is 12.6. The Labute approximate surface area is 310 Å². The molecule has 0 saturated carbocycles. The first-order valence-electron chi connectivity index (χ1n) is 16.7. The molecule has 9 aromatic rings. The van der Waals surface area contributed by atoms with Gasteiger partial charge in [-0.2, -0.15) is 18.8 Å². The van der Waals surface area contributed by atoms with Crippen LogP contribution in [0.25, 0.3) is 60.6 Å². The molecule has 7 heteroatoms. The van der Waals surface area contributed by atoms with Gasteiger partial charge in [-0.25, -0.2) is 4.98 Å². The van der Waals surface area contributed by atoms with Crippen LogP contribution in [-0.4, -0.2) is 21.2 Å². The summed E-state index contributed by atoms with van der Waals surface area (Å²) < 4.78 is 10.9. The number of hydrogen-bond donors (Lipinski definition) is 0. The quantitative estimate of drug-likeness (QED) is 0.162. The van der Waals surface area contributed by atoms with E-state index in [1.54, 1.807) is 0 Å². The number of hydrogen-bond acceptors (Lipinski definition) is 4. The predicted octanol–water partition coefficient (Wildman–Crippen LogP) is 10.6. The summed E-state index contributed by atoms with van der Waals surface area (Å²) in [5.41, 5.74) is 9.74. The number of nitrogens with zero attached hydrogens (tertiary/aromatic N) is 5. The van der Waals surface area contributed by atoms with E-state index >= 15 is 0 Å². The molecule has 6 nitrogen and oxygen atoms in total. The monoisotopic (exact) mass is 839 g/mol. The van der Waals surface area contributed by atoms with Gasteiger partial charge in [0.1, 0.15) is 5.82 Å². The molecule has 250 valence electrons. The fraction of sp³-hybridized carbons (Fsp3) is 0.0455. The SMILES string of the molecule is CN1[CH-]N(c2[c-]c(Oc3[c-]c4c(cc3)c3ccccc3n4-c3cc4c(cn3)c3ccccc3n4C)ccc2)c2cc(-c3ccccc3)ccc21.[Pt]. The summed E-state index contributed by atoms with van der Waals surface area (Å²) in [5, 5.41) is 4.56. The molecular weight excluding hydrogens is 810 g/mol. The standard InChI is InChI=1S/C44H30N5O.Pt/c1-46-28-48(43-23-30(19-22-40(43)46)29-11-4-3-5-12-29)31-13-10-14-32(24-31)50-33-20-21-36-34-15-7-9-18-39(34)49(42(36)25-33)44-26-41-37(27-45-44)35-16-6-8-17-38(35)47(41)2;/h3-23,26-28H,1-2H3;/q-3;. The van der Waals surface area contributed by atoms with E-state index in [9.17, 15) is 0 Å². The molecule has 0 fully saturated rings. The van der Waals surface area contributed by atoms with E-state index in [0.29, 0.717) is 11.5 Å². The zero-order valence-electron chi connectivity index (χ0n) is 27.8. The van der Waals surface area contributed by atoms with Crippen molar-refractivity contribution in [1.82, 2.24) is 14.1 Å². The maximum atomic E-state index is 6.51. The van der Waals surface area contributed by atoms with Crippen molar-refractivity contribution in [2.45, 2.75) is 0 Å². The third-order valence-electron chi connectivity index (χ3n) is 9.81. The number of aryl methyl sites for hydroxylation is 1. The number of para-hydroxylation sites is 2. The zero-order valence-corrected chi connectivity index (χ0v) is 30.1. The zero-order chi connectivity index (χ0) is 33.3. The summed E-state index contributed by atoms with van der Waals surface area (Å²) in [5.74, 6) is 2.05. The van der Waals surface area contributed by atoms with Gasteiger partial charge in [0, 0.05) is 85.1 Å². The van der Waals surface area contributed by atoms with Crippen LogP contribution >= 0.6 is 0 Å². The summed E-state index contributed by atoms with van der Waals surface area (Å²) >= 11 is 0. The second-order valence-corrected chi connectivity index (χ2v) is 12.7. The van der Waals surface area contributed by atoms with Gasteiger partial charge in [-0.15, -0.1) is 41.4 Å². The fourth-order valence-corrected chi connectivity index (χ4v) is 7.41. The van der Waals surface area contributed by atoms with E-state index < -0.39 is 0 Å². The number of fused-ring (bicyclic) bond motifs is 7. The van der Waals surface area contributed by atoms with Gasteiger partial charge in [0.25, 0.3) is 0 Å². The Bertz CT molecular complexity index is 2770. The van der Waals surface area contributed by atoms with E-state index in [4.69, 9.17) is 9.72 Å². The van der Waals surface area contributed by atoms with Crippen LogP contribution in [0.2, 0.25) is 0 Å². The van der Waals surface area contributed by atoms with E-state index in [1.807, 2.05) is 30.5 Å². The molecule has 0 amide bonds. The average molecular weight is 840 g/mol. The van der Waals surface area contributed by atoms with Gasteiger partial charge < -0.3 is 23.7 Å². The first kappa shape index (κ1) is 31.2. The molecule has 1 aliphatic rings. The first-order valence-corrected chi connectivity index (χ1v) is 16.7. The third kappa shape index (κ3) is 5.01. The molecule has 0 atom stereocenters. The number of anilines is 3. The van der Waals surface area contributed by atoms with Crippen molar-refractivity contribution in [2.75, 3.05) is 16.8 Å². The topological polar surface area (TPSA) is 38.5 Å². The molecule has 51 heavy (non-hydrogen) atoms. The van der Waals surface area contributed by atoms with Crippen molar-refractivity contribution in [3.8, 4) is 28.4 Å². The van der Waals surface area contributed by atoms with Gasteiger partial charge in [0.2, 0.25) is 0 Å². The van der Waals surface area contributed by atoms with Crippen LogP contribution in [-0.2, 0) is 28.1 Å². The fourth-order valence-electron chi connectivity index (χ4n) is 7.41. The summed E-state index contributed by atoms with van der Waals surface area (Å²) in [7, 11) is 4.18. The van der Waals surface area contributed by atoms with E-state index in [0.717, 1.165) is 61.2 Å². The molecule has 6 aromatic carbocycles. The van der Waals surface area contributed by atoms with Crippen LogP contribution in [0.5, 0.6) is 11.5 Å². The summed E-state index contributed by atoms with van der Waals surface area (Å²) in [4.78, 5) is 9.30. The number of pyridine rings is 1. The van der Waals surface area contributed by atoms with Crippen molar-refractivity contribution in [2.24, 2.45) is 7.05 Å². The maximum Gasteiger partial charge on any atom is 0.137 e. The van der Waals surface area contributed by atoms with Crippen molar-refractivity contribution in [3.05, 3.63) is 158 Å². The van der Waals surface area contributed by atoms with Crippen LogP contribution in [0.3, 0.4) is 0 Å². The minimum atomic E-state index is 0. The molecule has 0 N–H and O–H groups in total. The van der Waals surface area contributed by atoms with E-state index in [1.165, 1.54) is 16.5 Å². The molecule has 0 radical (unpaired) electrons. The largest absolute Gasteiger partial charge is 0.509 e. The number of aromatic nitrogens is 3. The molecule has 4 heterocycles. The second kappa shape index (κ2) is 12.2. The van der Waals surface area contributed by atoms with E-state index in [2.05, 4.69) is 161 Å². The summed E-state index contributed by atoms with van der Waals surface area (Å²) in [6.07, 6.45) is 1.99. The Kier molecular flexibility index (Phi) is 7.45. The molecule has 3 aromatic heterocycles. The number of rotatable bonds is 5. The van der Waals surface area contributed by atoms with Gasteiger partial charge in [0.05, 0.1) is 5.52 Å². The number of ether oxygens (including phenoxy) is 1. The Balaban J connectivity index is 0.00000348. The predicted molar refractivity (Wildman–Crippen MR) is 203 cm³/mol. The molecule has 1 aliphatic heterocycles. The minimum Gasteiger partial charge on any atom is -0.509 e. The Morgan fingerprint density at radius 1 is 0.588 bits per heavy atom. The molecule has 0 aliphatic carbocycles. The molecule has 0 saturated heterocycles.